The van der Waals surface area contributed by atoms with Gasteiger partial charge in [-0.25, -0.2) is 0 Å². The predicted octanol–water partition coefficient (Wildman–Crippen LogP) is 2.04. The Kier molecular flexibility index (Phi) is 3.01. The summed E-state index contributed by atoms with van der Waals surface area (Å²) in [5, 5.41) is 4.48. The fraction of sp³-hybridized carbons (Fsp3) is 0.692. The first-order chi connectivity index (χ1) is 7.90. The number of likely N-dealkylation sites (N-methyl/N-ethyl adjacent to an activating group) is 1. The summed E-state index contributed by atoms with van der Waals surface area (Å²) in [7, 11) is 2.13. The molecule has 2 N–H and O–H groups in total. The fourth-order valence-electron chi connectivity index (χ4n) is 3.14. The summed E-state index contributed by atoms with van der Waals surface area (Å²) in [6.07, 6.45) is 6.18. The zero-order chi connectivity index (χ0) is 11.0. The summed E-state index contributed by atoms with van der Waals surface area (Å²) >= 11 is 1.95. The van der Waals surface area contributed by atoms with Gasteiger partial charge in [-0.15, -0.1) is 11.3 Å². The van der Waals surface area contributed by atoms with Gasteiger partial charge in [0.25, 0.3) is 0 Å². The van der Waals surface area contributed by atoms with Crippen LogP contribution in [-0.4, -0.2) is 19.7 Å². The second-order valence-corrected chi connectivity index (χ2v) is 5.89. The van der Waals surface area contributed by atoms with Gasteiger partial charge in [-0.05, 0) is 24.3 Å². The molecule has 16 heavy (non-hydrogen) atoms. The Morgan fingerprint density at radius 3 is 3.19 bits per heavy atom. The smallest absolute Gasteiger partial charge is 0.133 e. The van der Waals surface area contributed by atoms with Gasteiger partial charge in [-0.1, -0.05) is 12.8 Å². The lowest BCUT2D eigenvalue weighted by atomic mass is 9.81. The third-order valence-corrected chi connectivity index (χ3v) is 4.97. The highest BCUT2D eigenvalue weighted by Crippen LogP contribution is 2.46. The second-order valence-electron chi connectivity index (χ2n) is 4.94. The molecule has 3 heteroatoms. The predicted molar refractivity (Wildman–Crippen MR) is 65.9 cm³/mol. The van der Waals surface area contributed by atoms with E-state index in [2.05, 4.69) is 23.8 Å². The van der Waals surface area contributed by atoms with Crippen LogP contribution in [0.5, 0.6) is 0 Å². The van der Waals surface area contributed by atoms with Gasteiger partial charge in [-0.3, -0.25) is 0 Å². The molecule has 0 unspecified atom stereocenters. The fourth-order valence-corrected chi connectivity index (χ4v) is 4.28. The number of hydrogen-bond donors (Lipinski definition) is 1. The van der Waals surface area contributed by atoms with Crippen LogP contribution in [0.3, 0.4) is 0 Å². The Hall–Kier alpha value is -0.380. The van der Waals surface area contributed by atoms with Crippen LogP contribution in [0.2, 0.25) is 0 Å². The normalized spacial score (nSPS) is 33.2. The average molecular weight is 238 g/mol. The van der Waals surface area contributed by atoms with Crippen molar-refractivity contribution in [3.8, 4) is 0 Å². The molecule has 1 saturated carbocycles. The van der Waals surface area contributed by atoms with Gasteiger partial charge >= 0.3 is 0 Å². The molecule has 3 rings (SSSR count). The molecule has 1 aromatic rings. The largest absolute Gasteiger partial charge is 0.364 e. The summed E-state index contributed by atoms with van der Waals surface area (Å²) in [6, 6.07) is 2.28. The van der Waals surface area contributed by atoms with Crippen molar-refractivity contribution in [2.24, 2.45) is 0 Å². The van der Waals surface area contributed by atoms with Gasteiger partial charge in [0, 0.05) is 16.4 Å². The van der Waals surface area contributed by atoms with E-state index in [1.165, 1.54) is 31.2 Å². The molecule has 1 fully saturated rings. The molecule has 0 amide bonds. The number of quaternary nitrogens is 1. The summed E-state index contributed by atoms with van der Waals surface area (Å²) < 4.78 is 6.29. The first-order valence-corrected chi connectivity index (χ1v) is 7.28. The lowest BCUT2D eigenvalue weighted by Gasteiger charge is -2.38. The van der Waals surface area contributed by atoms with Crippen molar-refractivity contribution in [3.05, 3.63) is 21.9 Å². The number of fused-ring (bicyclic) bond motifs is 3. The Morgan fingerprint density at radius 1 is 1.44 bits per heavy atom. The van der Waals surface area contributed by atoms with E-state index in [0.29, 0.717) is 18.1 Å². The van der Waals surface area contributed by atoms with Crippen LogP contribution in [0.15, 0.2) is 11.4 Å². The number of ether oxygens (including phenoxy) is 1. The van der Waals surface area contributed by atoms with Crippen molar-refractivity contribution >= 4 is 11.3 Å². The molecule has 0 saturated heterocycles. The molecule has 2 aliphatic rings. The van der Waals surface area contributed by atoms with Crippen LogP contribution in [0.1, 0.15) is 48.1 Å². The highest BCUT2D eigenvalue weighted by Gasteiger charge is 2.38. The van der Waals surface area contributed by atoms with Crippen LogP contribution < -0.4 is 5.32 Å². The number of rotatable bonds is 2. The molecular formula is C13H20NOS+. The Balaban J connectivity index is 1.92. The van der Waals surface area contributed by atoms with Gasteiger partial charge in [0.15, 0.2) is 0 Å². The first-order valence-electron chi connectivity index (χ1n) is 6.40. The minimum atomic E-state index is 0.339. The molecule has 2 nitrogen and oxygen atoms in total. The van der Waals surface area contributed by atoms with E-state index in [4.69, 9.17) is 4.74 Å². The molecule has 2 heterocycles. The Labute approximate surface area is 101 Å². The summed E-state index contributed by atoms with van der Waals surface area (Å²) in [5.74, 6) is 0.705. The van der Waals surface area contributed by atoms with Crippen LogP contribution >= 0.6 is 11.3 Å². The molecule has 88 valence electrons. The van der Waals surface area contributed by atoms with Crippen molar-refractivity contribution < 1.29 is 10.1 Å². The average Bonchev–Trinajstić information content (AvgIpc) is 2.79. The summed E-state index contributed by atoms with van der Waals surface area (Å²) in [4.78, 5) is 1.63. The van der Waals surface area contributed by atoms with Gasteiger partial charge < -0.3 is 10.1 Å². The molecule has 0 radical (unpaired) electrons. The lowest BCUT2D eigenvalue weighted by molar-refractivity contribution is -0.636. The van der Waals surface area contributed by atoms with Crippen LogP contribution in [0.4, 0.5) is 0 Å². The minimum Gasteiger partial charge on any atom is -0.364 e. The molecule has 0 aromatic carbocycles. The quantitative estimate of drug-likeness (QED) is 0.838. The van der Waals surface area contributed by atoms with Crippen molar-refractivity contribution in [2.45, 2.75) is 43.8 Å². The third-order valence-electron chi connectivity index (χ3n) is 3.90. The van der Waals surface area contributed by atoms with Crippen molar-refractivity contribution in [2.75, 3.05) is 13.6 Å². The van der Waals surface area contributed by atoms with E-state index < -0.39 is 0 Å². The van der Waals surface area contributed by atoms with E-state index in [-0.39, 0.29) is 0 Å². The van der Waals surface area contributed by atoms with E-state index in [1.807, 2.05) is 11.3 Å². The summed E-state index contributed by atoms with van der Waals surface area (Å²) in [5.41, 5.74) is 1.48. The highest BCUT2D eigenvalue weighted by molar-refractivity contribution is 7.10. The highest BCUT2D eigenvalue weighted by atomic mass is 32.1. The lowest BCUT2D eigenvalue weighted by Crippen LogP contribution is -2.81. The minimum absolute atomic E-state index is 0.339. The Bertz CT molecular complexity index is 363. The zero-order valence-electron chi connectivity index (χ0n) is 9.82. The van der Waals surface area contributed by atoms with Gasteiger partial charge in [0.1, 0.15) is 12.6 Å². The molecule has 0 bridgehead atoms. The second kappa shape index (κ2) is 4.47. The first kappa shape index (κ1) is 10.8. The molecule has 1 aliphatic carbocycles. The van der Waals surface area contributed by atoms with E-state index in [0.717, 1.165) is 6.54 Å². The van der Waals surface area contributed by atoms with Crippen LogP contribution in [0.25, 0.3) is 0 Å². The topological polar surface area (TPSA) is 25.8 Å². The molecule has 1 aromatic heterocycles. The van der Waals surface area contributed by atoms with Crippen LogP contribution in [0, 0.1) is 0 Å². The van der Waals surface area contributed by atoms with Crippen molar-refractivity contribution in [1.29, 1.82) is 0 Å². The monoisotopic (exact) mass is 238 g/mol. The van der Waals surface area contributed by atoms with Gasteiger partial charge in [-0.2, -0.15) is 0 Å². The number of thiophene rings is 1. The standard InChI is InChI=1S/C13H19NOS/c1-14-8-12-10-6-7-16-13(10)9-4-2-3-5-11(9)15-12/h6-7,9,11-12,14H,2-5,8H2,1H3/p+1/t9-,11-,12-/m0/s1. The SMILES string of the molecule is C[NH2+]C[C@@H]1O[C@H]2CCCC[C@@H]2c2sccc21. The van der Waals surface area contributed by atoms with Gasteiger partial charge in [0.05, 0.1) is 13.2 Å². The van der Waals surface area contributed by atoms with Crippen molar-refractivity contribution in [1.82, 2.24) is 0 Å². The van der Waals surface area contributed by atoms with E-state index >= 15 is 0 Å². The maximum Gasteiger partial charge on any atom is 0.133 e. The Morgan fingerprint density at radius 2 is 2.31 bits per heavy atom. The molecule has 0 spiro atoms. The maximum absolute atomic E-state index is 6.29. The van der Waals surface area contributed by atoms with E-state index in [9.17, 15) is 0 Å². The number of hydrogen-bond acceptors (Lipinski definition) is 2. The molecule has 1 aliphatic heterocycles. The third kappa shape index (κ3) is 1.71. The van der Waals surface area contributed by atoms with E-state index in [1.54, 1.807) is 4.88 Å². The maximum atomic E-state index is 6.29. The van der Waals surface area contributed by atoms with Gasteiger partial charge in [0.2, 0.25) is 0 Å². The molecular weight excluding hydrogens is 218 g/mol. The van der Waals surface area contributed by atoms with Crippen LogP contribution in [-0.2, 0) is 4.74 Å². The number of nitrogens with two attached hydrogens (primary N) is 1. The summed E-state index contributed by atoms with van der Waals surface area (Å²) in [6.45, 7) is 1.06. The molecule has 3 atom stereocenters. The van der Waals surface area contributed by atoms with Crippen molar-refractivity contribution in [3.63, 3.8) is 0 Å². The zero-order valence-corrected chi connectivity index (χ0v) is 10.6.